The third-order valence-corrected chi connectivity index (χ3v) is 5.39. The first kappa shape index (κ1) is 23.5. The zero-order valence-corrected chi connectivity index (χ0v) is 18.2. The van der Waals surface area contributed by atoms with Crippen LogP contribution in [-0.2, 0) is 9.47 Å². The number of rotatable bonds is 11. The lowest BCUT2D eigenvalue weighted by molar-refractivity contribution is 0.0353. The summed E-state index contributed by atoms with van der Waals surface area (Å²) in [6, 6.07) is 5.88. The van der Waals surface area contributed by atoms with Crippen LogP contribution in [0.2, 0.25) is 0 Å². The van der Waals surface area contributed by atoms with E-state index in [9.17, 15) is 0 Å². The topological polar surface area (TPSA) is 75.4 Å². The third-order valence-electron chi connectivity index (χ3n) is 4.33. The maximum atomic E-state index is 8.64. The van der Waals surface area contributed by atoms with E-state index in [1.165, 1.54) is 11.3 Å². The molecule has 0 saturated carbocycles. The van der Waals surface area contributed by atoms with Crippen molar-refractivity contribution in [2.45, 2.75) is 13.8 Å². The first-order valence-electron chi connectivity index (χ1n) is 9.40. The van der Waals surface area contributed by atoms with Gasteiger partial charge < -0.3 is 19.5 Å². The molecule has 0 bridgehead atoms. The molecule has 9 heteroatoms. The first-order chi connectivity index (χ1) is 14.5. The molecule has 8 nitrogen and oxygen atoms in total. The Hall–Kier alpha value is -2.82. The number of benzene rings is 1. The van der Waals surface area contributed by atoms with Gasteiger partial charge in [0, 0.05) is 19.3 Å². The van der Waals surface area contributed by atoms with Crippen LogP contribution >= 0.6 is 11.3 Å². The van der Waals surface area contributed by atoms with Gasteiger partial charge in [0.15, 0.2) is 0 Å². The van der Waals surface area contributed by atoms with Crippen molar-refractivity contribution in [1.82, 2.24) is 0 Å². The molecule has 1 aromatic carbocycles. The van der Waals surface area contributed by atoms with Crippen LogP contribution in [0, 0.1) is 27.0 Å². The molecule has 2 rings (SSSR count). The summed E-state index contributed by atoms with van der Waals surface area (Å²) in [5.74, 6) is 0. The van der Waals surface area contributed by atoms with Crippen molar-refractivity contribution in [3.8, 4) is 0 Å². The number of likely N-dealkylation sites (N-methyl/N-ethyl adjacent to an activating group) is 1. The van der Waals surface area contributed by atoms with Crippen molar-refractivity contribution < 1.29 is 14.6 Å². The Morgan fingerprint density at radius 1 is 1.07 bits per heavy atom. The van der Waals surface area contributed by atoms with Gasteiger partial charge in [-0.25, -0.2) is 9.69 Å². The number of hydrogen-bond donors (Lipinski definition) is 1. The molecule has 0 radical (unpaired) electrons. The van der Waals surface area contributed by atoms with Gasteiger partial charge in [-0.1, -0.05) is 6.92 Å². The van der Waals surface area contributed by atoms with Crippen molar-refractivity contribution in [2.75, 3.05) is 51.5 Å². The second-order valence-corrected chi connectivity index (χ2v) is 7.43. The fraction of sp³-hybridized carbons (Fsp3) is 0.429. The van der Waals surface area contributed by atoms with Gasteiger partial charge >= 0.3 is 0 Å². The number of thiophene rings is 1. The van der Waals surface area contributed by atoms with E-state index in [0.717, 1.165) is 23.5 Å². The molecule has 0 spiro atoms. The van der Waals surface area contributed by atoms with E-state index in [2.05, 4.69) is 24.8 Å². The molecular formula is C21H25N5O3S. The molecule has 2 aromatic rings. The molecular weight excluding hydrogens is 402 g/mol. The minimum Gasteiger partial charge on any atom is -0.394 e. The van der Waals surface area contributed by atoms with Gasteiger partial charge in [0.25, 0.3) is 0 Å². The molecule has 0 aliphatic heterocycles. The monoisotopic (exact) mass is 427 g/mol. The second kappa shape index (κ2) is 12.0. The molecule has 30 heavy (non-hydrogen) atoms. The van der Waals surface area contributed by atoms with E-state index in [4.69, 9.17) is 27.7 Å². The average molecular weight is 428 g/mol. The number of azo groups is 1. The number of hydrogen-bond acceptors (Lipinski definition) is 7. The minimum atomic E-state index is 0.0212. The second-order valence-electron chi connectivity index (χ2n) is 6.45. The lowest BCUT2D eigenvalue weighted by Crippen LogP contribution is -2.23. The Bertz CT molecular complexity index is 959. The highest BCUT2D eigenvalue weighted by Gasteiger charge is 2.14. The van der Waals surface area contributed by atoms with Gasteiger partial charge in [0.1, 0.15) is 5.00 Å². The molecule has 0 aliphatic carbocycles. The maximum Gasteiger partial charge on any atom is 0.234 e. The van der Waals surface area contributed by atoms with Crippen LogP contribution in [0.25, 0.3) is 9.69 Å². The predicted octanol–water partition coefficient (Wildman–Crippen LogP) is 5.34. The van der Waals surface area contributed by atoms with Crippen LogP contribution in [-0.4, -0.2) is 51.7 Å². The summed E-state index contributed by atoms with van der Waals surface area (Å²) in [5.41, 5.74) is 3.77. The fourth-order valence-corrected chi connectivity index (χ4v) is 3.45. The highest BCUT2D eigenvalue weighted by atomic mass is 32.1. The Morgan fingerprint density at radius 3 is 2.43 bits per heavy atom. The van der Waals surface area contributed by atoms with Crippen molar-refractivity contribution in [3.05, 3.63) is 52.2 Å². The summed E-state index contributed by atoms with van der Waals surface area (Å²) < 4.78 is 10.7. The van der Waals surface area contributed by atoms with E-state index in [-0.39, 0.29) is 6.61 Å². The van der Waals surface area contributed by atoms with Gasteiger partial charge in [0.05, 0.1) is 51.9 Å². The van der Waals surface area contributed by atoms with Gasteiger partial charge in [-0.05, 0) is 36.2 Å². The molecule has 0 atom stereocenters. The SMILES string of the molecule is [C-]#[N+]c1sc(N=Nc2ccc(N(C)CCOCCOCCO)cc2C)c([N+]#[C-])c1C. The van der Waals surface area contributed by atoms with Crippen LogP contribution in [0.5, 0.6) is 0 Å². The maximum absolute atomic E-state index is 8.64. The summed E-state index contributed by atoms with van der Waals surface area (Å²) in [5, 5.41) is 18.1. The number of anilines is 1. The highest BCUT2D eigenvalue weighted by molar-refractivity contribution is 7.20. The van der Waals surface area contributed by atoms with E-state index in [1.54, 1.807) is 6.92 Å². The zero-order chi connectivity index (χ0) is 21.9. The van der Waals surface area contributed by atoms with Crippen LogP contribution in [0.4, 0.5) is 27.1 Å². The normalized spacial score (nSPS) is 10.9. The van der Waals surface area contributed by atoms with Gasteiger partial charge in [0.2, 0.25) is 10.7 Å². The van der Waals surface area contributed by atoms with Crippen molar-refractivity contribution in [2.24, 2.45) is 10.2 Å². The molecule has 1 aromatic heterocycles. The number of nitrogens with zero attached hydrogens (tertiary/aromatic N) is 5. The molecule has 1 heterocycles. The zero-order valence-electron chi connectivity index (χ0n) is 17.4. The van der Waals surface area contributed by atoms with Gasteiger partial charge in [-0.2, -0.15) is 10.2 Å². The van der Waals surface area contributed by atoms with Crippen LogP contribution < -0.4 is 4.90 Å². The standard InChI is InChI=1S/C21H25N5O3S/c1-15-14-17(26(5)8-10-28-12-13-29-11-9-27)6-7-18(15)24-25-21-19(22-3)16(2)20(23-4)30-21/h6-7,14,27H,8-13H2,1-2,5H3. The Kier molecular flexibility index (Phi) is 9.39. The summed E-state index contributed by atoms with van der Waals surface area (Å²) in [6.07, 6.45) is 0. The fourth-order valence-electron chi connectivity index (χ4n) is 2.59. The molecule has 0 aliphatic rings. The quantitative estimate of drug-likeness (QED) is 0.298. The van der Waals surface area contributed by atoms with E-state index >= 15 is 0 Å². The molecule has 0 unspecified atom stereocenters. The summed E-state index contributed by atoms with van der Waals surface area (Å²) in [6.45, 7) is 20.8. The molecule has 0 amide bonds. The summed E-state index contributed by atoms with van der Waals surface area (Å²) in [4.78, 5) is 9.02. The Morgan fingerprint density at radius 2 is 1.80 bits per heavy atom. The number of aliphatic hydroxyl groups is 1. The van der Waals surface area contributed by atoms with Gasteiger partial charge in [-0.15, -0.1) is 11.3 Å². The van der Waals surface area contributed by atoms with E-state index in [0.29, 0.717) is 47.7 Å². The Balaban J connectivity index is 1.96. The smallest absolute Gasteiger partial charge is 0.234 e. The highest BCUT2D eigenvalue weighted by Crippen LogP contribution is 2.47. The van der Waals surface area contributed by atoms with Crippen LogP contribution in [0.15, 0.2) is 28.4 Å². The third kappa shape index (κ3) is 6.34. The number of aryl methyl sites for hydroxylation is 1. The molecule has 0 saturated heterocycles. The lowest BCUT2D eigenvalue weighted by atomic mass is 10.1. The molecule has 1 N–H and O–H groups in total. The summed E-state index contributed by atoms with van der Waals surface area (Å²) in [7, 11) is 1.99. The van der Waals surface area contributed by atoms with Crippen LogP contribution in [0.3, 0.4) is 0 Å². The first-order valence-corrected chi connectivity index (χ1v) is 10.2. The molecule has 0 fully saturated rings. The van der Waals surface area contributed by atoms with E-state index < -0.39 is 0 Å². The predicted molar refractivity (Wildman–Crippen MR) is 119 cm³/mol. The largest absolute Gasteiger partial charge is 0.394 e. The summed E-state index contributed by atoms with van der Waals surface area (Å²) >= 11 is 1.19. The van der Waals surface area contributed by atoms with Crippen LogP contribution in [0.1, 0.15) is 11.1 Å². The average Bonchev–Trinajstić information content (AvgIpc) is 3.06. The molecule has 158 valence electrons. The minimum absolute atomic E-state index is 0.0212. The Labute approximate surface area is 181 Å². The van der Waals surface area contributed by atoms with Crippen molar-refractivity contribution in [1.29, 1.82) is 0 Å². The van der Waals surface area contributed by atoms with E-state index in [1.807, 2.05) is 32.2 Å². The van der Waals surface area contributed by atoms with Crippen molar-refractivity contribution in [3.63, 3.8) is 0 Å². The van der Waals surface area contributed by atoms with Crippen molar-refractivity contribution >= 4 is 38.4 Å². The number of aliphatic hydroxyl groups excluding tert-OH is 1. The lowest BCUT2D eigenvalue weighted by Gasteiger charge is -2.20. The number of ether oxygens (including phenoxy) is 2. The van der Waals surface area contributed by atoms with Gasteiger partial charge in [-0.3, -0.25) is 0 Å².